The molecule has 1 aliphatic rings. The molecule has 2 aromatic heterocycles. The van der Waals surface area contributed by atoms with Gasteiger partial charge in [0.25, 0.3) is 0 Å². The van der Waals surface area contributed by atoms with Crippen LogP contribution in [0.15, 0.2) is 6.07 Å². The fraction of sp³-hybridized carbons (Fsp3) is 0.500. The molecule has 3 rings (SSSR count). The van der Waals surface area contributed by atoms with Crippen LogP contribution in [0.2, 0.25) is 0 Å². The highest BCUT2D eigenvalue weighted by Crippen LogP contribution is 2.33. The quantitative estimate of drug-likeness (QED) is 0.842. The highest BCUT2D eigenvalue weighted by Gasteiger charge is 2.23. The van der Waals surface area contributed by atoms with Gasteiger partial charge in [-0.3, -0.25) is 4.57 Å². The predicted molar refractivity (Wildman–Crippen MR) is 68.6 cm³/mol. The molecule has 2 aromatic rings. The number of aromatic nitrogens is 3. The van der Waals surface area contributed by atoms with E-state index in [9.17, 15) is 0 Å². The minimum absolute atomic E-state index is 0.188. The van der Waals surface area contributed by atoms with Crippen molar-refractivity contribution in [2.45, 2.75) is 39.2 Å². The third-order valence-electron chi connectivity index (χ3n) is 3.36. The van der Waals surface area contributed by atoms with Crippen LogP contribution in [0.1, 0.15) is 40.8 Å². The minimum Gasteiger partial charge on any atom is -0.324 e. The molecule has 0 saturated carbocycles. The van der Waals surface area contributed by atoms with Crippen molar-refractivity contribution in [1.82, 2.24) is 14.8 Å². The van der Waals surface area contributed by atoms with Crippen molar-refractivity contribution in [2.24, 2.45) is 5.73 Å². The minimum atomic E-state index is 0.188. The van der Waals surface area contributed by atoms with E-state index >= 15 is 0 Å². The molecule has 2 N–H and O–H groups in total. The van der Waals surface area contributed by atoms with Gasteiger partial charge in [0, 0.05) is 17.4 Å². The van der Waals surface area contributed by atoms with E-state index in [1.807, 2.05) is 6.92 Å². The third kappa shape index (κ3) is 1.70. The maximum absolute atomic E-state index is 6.17. The summed E-state index contributed by atoms with van der Waals surface area (Å²) in [4.78, 5) is 0. The Morgan fingerprint density at radius 3 is 2.94 bits per heavy atom. The van der Waals surface area contributed by atoms with Crippen LogP contribution in [-0.2, 0) is 6.42 Å². The van der Waals surface area contributed by atoms with Crippen molar-refractivity contribution < 1.29 is 0 Å². The first-order valence-electron chi connectivity index (χ1n) is 5.94. The van der Waals surface area contributed by atoms with E-state index in [-0.39, 0.29) is 6.04 Å². The third-order valence-corrected chi connectivity index (χ3v) is 4.18. The highest BCUT2D eigenvalue weighted by atomic mass is 32.1. The Bertz CT molecular complexity index is 555. The van der Waals surface area contributed by atoms with E-state index < -0.39 is 0 Å². The Labute approximate surface area is 104 Å². The van der Waals surface area contributed by atoms with Crippen molar-refractivity contribution in [2.75, 3.05) is 0 Å². The second kappa shape index (κ2) is 3.92. The lowest BCUT2D eigenvalue weighted by atomic mass is 9.93. The van der Waals surface area contributed by atoms with E-state index in [1.54, 1.807) is 11.3 Å². The van der Waals surface area contributed by atoms with Gasteiger partial charge in [-0.2, -0.15) is 0 Å². The molecule has 1 aliphatic carbocycles. The number of hydrogen-bond acceptors (Lipinski definition) is 4. The van der Waals surface area contributed by atoms with Gasteiger partial charge in [-0.1, -0.05) is 11.3 Å². The van der Waals surface area contributed by atoms with Crippen LogP contribution in [0.25, 0.3) is 5.13 Å². The molecule has 4 nitrogen and oxygen atoms in total. The molecule has 5 heteroatoms. The number of hydrogen-bond donors (Lipinski definition) is 1. The van der Waals surface area contributed by atoms with Gasteiger partial charge in [0.2, 0.25) is 5.13 Å². The Hall–Kier alpha value is -1.20. The predicted octanol–water partition coefficient (Wildman–Crippen LogP) is 2.28. The molecular formula is C12H16N4S. The van der Waals surface area contributed by atoms with Gasteiger partial charge in [-0.15, -0.1) is 10.2 Å². The first-order chi connectivity index (χ1) is 8.16. The van der Waals surface area contributed by atoms with Gasteiger partial charge >= 0.3 is 0 Å². The Kier molecular flexibility index (Phi) is 2.52. The molecule has 0 saturated heterocycles. The second-order valence-electron chi connectivity index (χ2n) is 4.63. The monoisotopic (exact) mass is 248 g/mol. The van der Waals surface area contributed by atoms with Crippen molar-refractivity contribution in [3.05, 3.63) is 28.0 Å². The molecule has 1 unspecified atom stereocenters. The standard InChI is InChI=1S/C12H16N4S/c1-7-6-9-10(13)4-3-5-11(9)16(7)12-15-14-8(2)17-12/h6,10H,3-5,13H2,1-2H3. The largest absolute Gasteiger partial charge is 0.324 e. The zero-order valence-electron chi connectivity index (χ0n) is 10.1. The van der Waals surface area contributed by atoms with Gasteiger partial charge in [0.1, 0.15) is 5.01 Å². The molecular weight excluding hydrogens is 232 g/mol. The Morgan fingerprint density at radius 1 is 1.41 bits per heavy atom. The lowest BCUT2D eigenvalue weighted by molar-refractivity contribution is 0.559. The number of rotatable bonds is 1. The fourth-order valence-corrected chi connectivity index (χ4v) is 3.35. The average molecular weight is 248 g/mol. The molecule has 0 fully saturated rings. The second-order valence-corrected chi connectivity index (χ2v) is 5.79. The Morgan fingerprint density at radius 2 is 2.24 bits per heavy atom. The summed E-state index contributed by atoms with van der Waals surface area (Å²) in [5, 5.41) is 10.3. The summed E-state index contributed by atoms with van der Waals surface area (Å²) < 4.78 is 2.22. The molecule has 90 valence electrons. The maximum Gasteiger partial charge on any atom is 0.216 e. The van der Waals surface area contributed by atoms with Crippen LogP contribution in [0.4, 0.5) is 0 Å². The van der Waals surface area contributed by atoms with Gasteiger partial charge in [0.15, 0.2) is 0 Å². The summed E-state index contributed by atoms with van der Waals surface area (Å²) in [5.41, 5.74) is 10.0. The topological polar surface area (TPSA) is 56.7 Å². The van der Waals surface area contributed by atoms with E-state index in [0.29, 0.717) is 0 Å². The molecule has 0 radical (unpaired) electrons. The van der Waals surface area contributed by atoms with E-state index in [2.05, 4.69) is 27.8 Å². The Balaban J connectivity index is 2.17. The molecule has 0 spiro atoms. The van der Waals surface area contributed by atoms with Crippen LogP contribution in [0, 0.1) is 13.8 Å². The highest BCUT2D eigenvalue weighted by molar-refractivity contribution is 7.13. The lowest BCUT2D eigenvalue weighted by Gasteiger charge is -2.20. The van der Waals surface area contributed by atoms with Gasteiger partial charge in [0.05, 0.1) is 0 Å². The van der Waals surface area contributed by atoms with Crippen LogP contribution in [0.5, 0.6) is 0 Å². The molecule has 17 heavy (non-hydrogen) atoms. The molecule has 2 heterocycles. The molecule has 0 aromatic carbocycles. The lowest BCUT2D eigenvalue weighted by Crippen LogP contribution is -2.17. The number of fused-ring (bicyclic) bond motifs is 1. The van der Waals surface area contributed by atoms with E-state index in [0.717, 1.165) is 29.4 Å². The van der Waals surface area contributed by atoms with Crippen molar-refractivity contribution >= 4 is 11.3 Å². The smallest absolute Gasteiger partial charge is 0.216 e. The zero-order chi connectivity index (χ0) is 12.0. The average Bonchev–Trinajstić information content (AvgIpc) is 2.82. The molecule has 1 atom stereocenters. The summed E-state index contributed by atoms with van der Waals surface area (Å²) in [6.07, 6.45) is 3.34. The van der Waals surface area contributed by atoms with Crippen LogP contribution in [0.3, 0.4) is 0 Å². The normalized spacial score (nSPS) is 19.4. The SMILES string of the molecule is Cc1nnc(-n2c(C)cc3c2CCCC3N)s1. The maximum atomic E-state index is 6.17. The van der Waals surface area contributed by atoms with Crippen molar-refractivity contribution in [3.8, 4) is 5.13 Å². The van der Waals surface area contributed by atoms with E-state index in [1.165, 1.54) is 17.0 Å². The van der Waals surface area contributed by atoms with Gasteiger partial charge in [-0.05, 0) is 44.7 Å². The summed E-state index contributed by atoms with van der Waals surface area (Å²) in [5.74, 6) is 0. The summed E-state index contributed by atoms with van der Waals surface area (Å²) in [6, 6.07) is 2.39. The summed E-state index contributed by atoms with van der Waals surface area (Å²) >= 11 is 1.63. The van der Waals surface area contributed by atoms with Crippen molar-refractivity contribution in [1.29, 1.82) is 0 Å². The molecule has 0 amide bonds. The van der Waals surface area contributed by atoms with Gasteiger partial charge in [-0.25, -0.2) is 0 Å². The van der Waals surface area contributed by atoms with Gasteiger partial charge < -0.3 is 5.73 Å². The van der Waals surface area contributed by atoms with E-state index in [4.69, 9.17) is 5.73 Å². The number of aryl methyl sites for hydroxylation is 2. The first-order valence-corrected chi connectivity index (χ1v) is 6.75. The summed E-state index contributed by atoms with van der Waals surface area (Å²) in [7, 11) is 0. The summed E-state index contributed by atoms with van der Waals surface area (Å²) in [6.45, 7) is 4.10. The number of nitrogens with zero attached hydrogens (tertiary/aromatic N) is 3. The zero-order valence-corrected chi connectivity index (χ0v) is 10.9. The molecule has 0 aliphatic heterocycles. The van der Waals surface area contributed by atoms with Crippen molar-refractivity contribution in [3.63, 3.8) is 0 Å². The van der Waals surface area contributed by atoms with Crippen LogP contribution in [-0.4, -0.2) is 14.8 Å². The van der Waals surface area contributed by atoms with Crippen LogP contribution >= 0.6 is 11.3 Å². The first kappa shape index (κ1) is 10.9. The van der Waals surface area contributed by atoms with Crippen LogP contribution < -0.4 is 5.73 Å². The number of nitrogens with two attached hydrogens (primary N) is 1. The fourth-order valence-electron chi connectivity index (χ4n) is 2.58. The molecule has 0 bridgehead atoms.